The quantitative estimate of drug-likeness (QED) is 0.415. The number of pyridine rings is 1. The van der Waals surface area contributed by atoms with E-state index in [1.54, 1.807) is 30.4 Å². The molecule has 0 saturated heterocycles. The van der Waals surface area contributed by atoms with Crippen LogP contribution >= 0.6 is 0 Å². The molecular formula is C23H20F6N2. The van der Waals surface area contributed by atoms with Gasteiger partial charge in [0.2, 0.25) is 0 Å². The first kappa shape index (κ1) is 22.8. The van der Waals surface area contributed by atoms with Crippen molar-refractivity contribution < 1.29 is 26.3 Å². The highest BCUT2D eigenvalue weighted by atomic mass is 19.4. The van der Waals surface area contributed by atoms with Crippen molar-refractivity contribution in [2.75, 3.05) is 7.05 Å². The summed E-state index contributed by atoms with van der Waals surface area (Å²) in [7, 11) is 1.66. The van der Waals surface area contributed by atoms with Crippen LogP contribution in [0.2, 0.25) is 0 Å². The number of rotatable bonds is 5. The lowest BCUT2D eigenvalue weighted by atomic mass is 9.97. The van der Waals surface area contributed by atoms with Crippen LogP contribution in [-0.4, -0.2) is 16.9 Å². The Morgan fingerprint density at radius 3 is 1.90 bits per heavy atom. The second-order valence-corrected chi connectivity index (χ2v) is 7.43. The molecule has 3 aromatic rings. The van der Waals surface area contributed by atoms with Crippen molar-refractivity contribution in [1.82, 2.24) is 9.88 Å². The van der Waals surface area contributed by atoms with Crippen molar-refractivity contribution in [2.24, 2.45) is 0 Å². The van der Waals surface area contributed by atoms with E-state index in [4.69, 9.17) is 0 Å². The van der Waals surface area contributed by atoms with Crippen LogP contribution in [0, 0.1) is 6.92 Å². The third kappa shape index (κ3) is 5.64. The van der Waals surface area contributed by atoms with Gasteiger partial charge in [-0.2, -0.15) is 26.3 Å². The van der Waals surface area contributed by atoms with Crippen LogP contribution in [0.5, 0.6) is 0 Å². The molecule has 1 aromatic heterocycles. The van der Waals surface area contributed by atoms with Crippen molar-refractivity contribution in [1.29, 1.82) is 0 Å². The van der Waals surface area contributed by atoms with Crippen molar-refractivity contribution in [3.05, 3.63) is 100 Å². The number of halogens is 6. The minimum absolute atomic E-state index is 0.0781. The SMILES string of the molecule is Cc1ccc(C(c2cccnc2)N(C)Cc2cc(C(F)(F)F)cc(C(F)(F)F)c2)cc1. The molecule has 0 saturated carbocycles. The molecule has 2 nitrogen and oxygen atoms in total. The van der Waals surface area contributed by atoms with Gasteiger partial charge in [0.15, 0.2) is 0 Å². The van der Waals surface area contributed by atoms with Crippen LogP contribution < -0.4 is 0 Å². The molecule has 0 N–H and O–H groups in total. The summed E-state index contributed by atoms with van der Waals surface area (Å²) in [5.74, 6) is 0. The fourth-order valence-electron chi connectivity index (χ4n) is 3.48. The van der Waals surface area contributed by atoms with E-state index in [1.165, 1.54) is 0 Å². The third-order valence-corrected chi connectivity index (χ3v) is 4.91. The zero-order valence-electron chi connectivity index (χ0n) is 16.8. The van der Waals surface area contributed by atoms with Gasteiger partial charge in [-0.25, -0.2) is 0 Å². The van der Waals surface area contributed by atoms with Crippen LogP contribution in [-0.2, 0) is 18.9 Å². The zero-order chi connectivity index (χ0) is 22.8. The van der Waals surface area contributed by atoms with Gasteiger partial charge in [-0.1, -0.05) is 35.9 Å². The number of benzene rings is 2. The summed E-state index contributed by atoms with van der Waals surface area (Å²) < 4.78 is 79.3. The standard InChI is InChI=1S/C23H20F6N2/c1-15-5-7-17(8-6-15)21(18-4-3-9-30-13-18)31(2)14-16-10-19(22(24,25)26)12-20(11-16)23(27,28)29/h3-13,21H,14H2,1-2H3. The highest BCUT2D eigenvalue weighted by Gasteiger charge is 2.37. The molecule has 0 radical (unpaired) electrons. The van der Waals surface area contributed by atoms with Crippen LogP contribution in [0.4, 0.5) is 26.3 Å². The lowest BCUT2D eigenvalue weighted by Gasteiger charge is -2.29. The molecule has 164 valence electrons. The predicted octanol–water partition coefficient (Wildman–Crippen LogP) is 6.65. The number of hydrogen-bond acceptors (Lipinski definition) is 2. The maximum Gasteiger partial charge on any atom is 0.416 e. The van der Waals surface area contributed by atoms with E-state index in [0.29, 0.717) is 0 Å². The number of hydrogen-bond donors (Lipinski definition) is 0. The van der Waals surface area contributed by atoms with Crippen LogP contribution in [0.3, 0.4) is 0 Å². The molecule has 0 amide bonds. The Hall–Kier alpha value is -2.87. The fraction of sp³-hybridized carbons (Fsp3) is 0.261. The van der Waals surface area contributed by atoms with Crippen LogP contribution in [0.1, 0.15) is 39.4 Å². The molecule has 1 heterocycles. The molecular weight excluding hydrogens is 418 g/mol. The lowest BCUT2D eigenvalue weighted by Crippen LogP contribution is -2.26. The first-order chi connectivity index (χ1) is 14.4. The Kier molecular flexibility index (Phi) is 6.40. The van der Waals surface area contributed by atoms with Crippen molar-refractivity contribution in [2.45, 2.75) is 31.9 Å². The van der Waals surface area contributed by atoms with Gasteiger partial charge in [0.25, 0.3) is 0 Å². The Morgan fingerprint density at radius 2 is 1.42 bits per heavy atom. The van der Waals surface area contributed by atoms with Gasteiger partial charge in [-0.05, 0) is 54.9 Å². The molecule has 31 heavy (non-hydrogen) atoms. The fourth-order valence-corrected chi connectivity index (χ4v) is 3.48. The highest BCUT2D eigenvalue weighted by molar-refractivity contribution is 5.35. The van der Waals surface area contributed by atoms with Crippen LogP contribution in [0.25, 0.3) is 0 Å². The lowest BCUT2D eigenvalue weighted by molar-refractivity contribution is -0.143. The van der Waals surface area contributed by atoms with Crippen molar-refractivity contribution >= 4 is 0 Å². The molecule has 2 aromatic carbocycles. The summed E-state index contributed by atoms with van der Waals surface area (Å²) in [5.41, 5.74) is -0.0614. The molecule has 0 aliphatic heterocycles. The first-order valence-electron chi connectivity index (χ1n) is 9.40. The molecule has 0 fully saturated rings. The number of aryl methyl sites for hydroxylation is 1. The first-order valence-corrected chi connectivity index (χ1v) is 9.40. The molecule has 8 heteroatoms. The Labute approximate surface area is 176 Å². The summed E-state index contributed by atoms with van der Waals surface area (Å²) in [6, 6.07) is 12.4. The van der Waals surface area contributed by atoms with E-state index in [9.17, 15) is 26.3 Å². The van der Waals surface area contributed by atoms with Gasteiger partial charge in [-0.3, -0.25) is 9.88 Å². The maximum absolute atomic E-state index is 13.2. The van der Waals surface area contributed by atoms with E-state index in [1.807, 2.05) is 37.3 Å². The van der Waals surface area contributed by atoms with Crippen molar-refractivity contribution in [3.63, 3.8) is 0 Å². The average molecular weight is 438 g/mol. The highest BCUT2D eigenvalue weighted by Crippen LogP contribution is 2.37. The van der Waals surface area contributed by atoms with E-state index in [0.717, 1.165) is 28.8 Å². The van der Waals surface area contributed by atoms with E-state index < -0.39 is 29.5 Å². The molecule has 1 unspecified atom stereocenters. The monoisotopic (exact) mass is 438 g/mol. The second-order valence-electron chi connectivity index (χ2n) is 7.43. The smallest absolute Gasteiger partial charge is 0.291 e. The molecule has 0 bridgehead atoms. The van der Waals surface area contributed by atoms with Gasteiger partial charge < -0.3 is 0 Å². The number of aromatic nitrogens is 1. The third-order valence-electron chi connectivity index (χ3n) is 4.91. The average Bonchev–Trinajstić information content (AvgIpc) is 2.69. The zero-order valence-corrected chi connectivity index (χ0v) is 16.8. The Balaban J connectivity index is 2.02. The van der Waals surface area contributed by atoms with Gasteiger partial charge in [0, 0.05) is 18.9 Å². The summed E-state index contributed by atoms with van der Waals surface area (Å²) >= 11 is 0. The van der Waals surface area contributed by atoms with E-state index in [2.05, 4.69) is 4.98 Å². The molecule has 0 spiro atoms. The minimum Gasteiger partial charge on any atom is -0.291 e. The predicted molar refractivity (Wildman–Crippen MR) is 105 cm³/mol. The number of nitrogens with zero attached hydrogens (tertiary/aromatic N) is 2. The molecule has 1 atom stereocenters. The summed E-state index contributed by atoms with van der Waals surface area (Å²) in [6.45, 7) is 1.80. The van der Waals surface area contributed by atoms with Crippen LogP contribution in [0.15, 0.2) is 67.0 Å². The minimum atomic E-state index is -4.88. The second kappa shape index (κ2) is 8.70. The molecule has 0 aliphatic carbocycles. The van der Waals surface area contributed by atoms with E-state index in [-0.39, 0.29) is 18.2 Å². The van der Waals surface area contributed by atoms with Crippen molar-refractivity contribution in [3.8, 4) is 0 Å². The van der Waals surface area contributed by atoms with E-state index >= 15 is 0 Å². The van der Waals surface area contributed by atoms with Gasteiger partial charge >= 0.3 is 12.4 Å². The van der Waals surface area contributed by atoms with Gasteiger partial charge in [-0.15, -0.1) is 0 Å². The summed E-state index contributed by atoms with van der Waals surface area (Å²) in [5, 5.41) is 0. The normalized spacial score (nSPS) is 13.5. The topological polar surface area (TPSA) is 16.1 Å². The van der Waals surface area contributed by atoms with Gasteiger partial charge in [0.05, 0.1) is 17.2 Å². The summed E-state index contributed by atoms with van der Waals surface area (Å²) in [6.07, 6.45) is -6.53. The molecule has 0 aliphatic rings. The van der Waals surface area contributed by atoms with Gasteiger partial charge in [0.1, 0.15) is 0 Å². The molecule has 3 rings (SSSR count). The number of alkyl halides is 6. The summed E-state index contributed by atoms with van der Waals surface area (Å²) in [4.78, 5) is 5.81. The Morgan fingerprint density at radius 1 is 0.839 bits per heavy atom. The largest absolute Gasteiger partial charge is 0.416 e. The Bertz CT molecular complexity index is 979. The maximum atomic E-state index is 13.2.